The molecule has 1 N–H and O–H groups in total. The lowest BCUT2D eigenvalue weighted by molar-refractivity contribution is -0.205. The molecule has 3 nitrogen and oxygen atoms in total. The van der Waals surface area contributed by atoms with Gasteiger partial charge in [0.05, 0.1) is 0 Å². The van der Waals surface area contributed by atoms with Gasteiger partial charge in [0.25, 0.3) is 0 Å². The average molecular weight is 208 g/mol. The lowest BCUT2D eigenvalue weighted by Crippen LogP contribution is -2.29. The molecule has 0 saturated carbocycles. The van der Waals surface area contributed by atoms with Gasteiger partial charge in [-0.3, -0.25) is 4.68 Å². The van der Waals surface area contributed by atoms with E-state index in [2.05, 4.69) is 5.10 Å². The molecule has 0 bridgehead atoms. The van der Waals surface area contributed by atoms with Crippen molar-refractivity contribution in [3.8, 4) is 0 Å². The van der Waals surface area contributed by atoms with Crippen molar-refractivity contribution in [2.24, 2.45) is 7.05 Å². The van der Waals surface area contributed by atoms with E-state index in [1.807, 2.05) is 0 Å². The van der Waals surface area contributed by atoms with Crippen LogP contribution in [0.4, 0.5) is 13.2 Å². The second-order valence-electron chi connectivity index (χ2n) is 3.04. The molecule has 0 aliphatic rings. The number of nitrogens with zero attached hydrogens (tertiary/aromatic N) is 2. The lowest BCUT2D eigenvalue weighted by Gasteiger charge is -2.13. The monoisotopic (exact) mass is 208 g/mol. The van der Waals surface area contributed by atoms with Crippen LogP contribution in [-0.2, 0) is 13.5 Å². The summed E-state index contributed by atoms with van der Waals surface area (Å²) in [7, 11) is 1.65. The smallest absolute Gasteiger partial charge is 0.384 e. The van der Waals surface area contributed by atoms with Crippen LogP contribution in [0.2, 0.25) is 0 Å². The first-order chi connectivity index (χ1) is 6.41. The van der Waals surface area contributed by atoms with E-state index in [-0.39, 0.29) is 12.8 Å². The van der Waals surface area contributed by atoms with Gasteiger partial charge in [-0.15, -0.1) is 0 Å². The van der Waals surface area contributed by atoms with Crippen molar-refractivity contribution >= 4 is 0 Å². The molecule has 0 spiro atoms. The summed E-state index contributed by atoms with van der Waals surface area (Å²) in [5.74, 6) is 0. The van der Waals surface area contributed by atoms with Gasteiger partial charge in [-0.05, 0) is 18.9 Å². The van der Waals surface area contributed by atoms with Crippen LogP contribution in [0.15, 0.2) is 12.3 Å². The zero-order chi connectivity index (χ0) is 10.8. The van der Waals surface area contributed by atoms with Crippen LogP contribution in [0.1, 0.15) is 12.1 Å². The SMILES string of the molecule is Cn1nccc1CC[C@H](O)C(F)(F)F. The Labute approximate surface area is 79.2 Å². The summed E-state index contributed by atoms with van der Waals surface area (Å²) in [5.41, 5.74) is 0.674. The van der Waals surface area contributed by atoms with Gasteiger partial charge < -0.3 is 5.11 Å². The minimum atomic E-state index is -4.53. The maximum absolute atomic E-state index is 11.9. The molecular weight excluding hydrogens is 197 g/mol. The minimum absolute atomic E-state index is 0.164. The maximum Gasteiger partial charge on any atom is 0.414 e. The van der Waals surface area contributed by atoms with Crippen molar-refractivity contribution in [3.05, 3.63) is 18.0 Å². The number of aryl methyl sites for hydroxylation is 2. The number of aliphatic hydroxyl groups is 1. The van der Waals surface area contributed by atoms with Crippen molar-refractivity contribution in [2.75, 3.05) is 0 Å². The highest BCUT2D eigenvalue weighted by atomic mass is 19.4. The fourth-order valence-corrected chi connectivity index (χ4v) is 1.09. The third-order valence-corrected chi connectivity index (χ3v) is 1.97. The number of rotatable bonds is 3. The molecule has 0 aliphatic carbocycles. The first-order valence-electron chi connectivity index (χ1n) is 4.13. The summed E-state index contributed by atoms with van der Waals surface area (Å²) in [6.07, 6.45) is -5.44. The summed E-state index contributed by atoms with van der Waals surface area (Å²) in [6, 6.07) is 1.63. The highest BCUT2D eigenvalue weighted by Gasteiger charge is 2.37. The van der Waals surface area contributed by atoms with Crippen LogP contribution >= 0.6 is 0 Å². The van der Waals surface area contributed by atoms with Crippen molar-refractivity contribution in [1.82, 2.24) is 9.78 Å². The van der Waals surface area contributed by atoms with E-state index in [1.165, 1.54) is 10.9 Å². The van der Waals surface area contributed by atoms with Gasteiger partial charge >= 0.3 is 6.18 Å². The van der Waals surface area contributed by atoms with Crippen LogP contribution in [0.5, 0.6) is 0 Å². The second-order valence-corrected chi connectivity index (χ2v) is 3.04. The Morgan fingerprint density at radius 2 is 2.21 bits per heavy atom. The van der Waals surface area contributed by atoms with Crippen molar-refractivity contribution in [2.45, 2.75) is 25.1 Å². The van der Waals surface area contributed by atoms with E-state index in [9.17, 15) is 13.2 Å². The third-order valence-electron chi connectivity index (χ3n) is 1.97. The zero-order valence-electron chi connectivity index (χ0n) is 7.62. The predicted molar refractivity (Wildman–Crippen MR) is 43.6 cm³/mol. The highest BCUT2D eigenvalue weighted by Crippen LogP contribution is 2.23. The molecule has 1 heterocycles. The van der Waals surface area contributed by atoms with Crippen LogP contribution in [-0.4, -0.2) is 27.2 Å². The third kappa shape index (κ3) is 2.73. The fourth-order valence-electron chi connectivity index (χ4n) is 1.09. The maximum atomic E-state index is 11.9. The summed E-state index contributed by atoms with van der Waals surface area (Å²) in [5, 5.41) is 12.5. The molecule has 1 aromatic rings. The average Bonchev–Trinajstić information content (AvgIpc) is 2.45. The van der Waals surface area contributed by atoms with E-state index < -0.39 is 12.3 Å². The molecule has 0 radical (unpaired) electrons. The molecule has 1 rings (SSSR count). The fraction of sp³-hybridized carbons (Fsp3) is 0.625. The van der Waals surface area contributed by atoms with Crippen molar-refractivity contribution in [1.29, 1.82) is 0 Å². The van der Waals surface area contributed by atoms with Crippen molar-refractivity contribution < 1.29 is 18.3 Å². The van der Waals surface area contributed by atoms with Crippen LogP contribution in [0, 0.1) is 0 Å². The molecule has 0 aromatic carbocycles. The quantitative estimate of drug-likeness (QED) is 0.812. The van der Waals surface area contributed by atoms with Crippen LogP contribution in [0.25, 0.3) is 0 Å². The number of alkyl halides is 3. The number of aliphatic hydroxyl groups excluding tert-OH is 1. The lowest BCUT2D eigenvalue weighted by atomic mass is 10.1. The van der Waals surface area contributed by atoms with E-state index in [0.29, 0.717) is 5.69 Å². The summed E-state index contributed by atoms with van der Waals surface area (Å²) in [4.78, 5) is 0. The summed E-state index contributed by atoms with van der Waals surface area (Å²) in [6.45, 7) is 0. The van der Waals surface area contributed by atoms with Crippen LogP contribution in [0.3, 0.4) is 0 Å². The van der Waals surface area contributed by atoms with E-state index in [1.54, 1.807) is 13.1 Å². The van der Waals surface area contributed by atoms with E-state index in [0.717, 1.165) is 0 Å². The van der Waals surface area contributed by atoms with Gasteiger partial charge in [0.1, 0.15) is 6.10 Å². The Kier molecular flexibility index (Phi) is 3.15. The van der Waals surface area contributed by atoms with Gasteiger partial charge in [-0.25, -0.2) is 0 Å². The molecular formula is C8H11F3N2O. The molecule has 6 heteroatoms. The molecule has 0 amide bonds. The van der Waals surface area contributed by atoms with Gasteiger partial charge in [0.2, 0.25) is 0 Å². The molecule has 14 heavy (non-hydrogen) atoms. The molecule has 0 saturated heterocycles. The minimum Gasteiger partial charge on any atom is -0.384 e. The molecule has 0 fully saturated rings. The Hall–Kier alpha value is -1.04. The summed E-state index contributed by atoms with van der Waals surface area (Å²) < 4.78 is 37.2. The van der Waals surface area contributed by atoms with Gasteiger partial charge in [0.15, 0.2) is 0 Å². The van der Waals surface area contributed by atoms with E-state index in [4.69, 9.17) is 5.11 Å². The van der Waals surface area contributed by atoms with Gasteiger partial charge in [0, 0.05) is 18.9 Å². The Bertz CT molecular complexity index is 295. The number of hydrogen-bond donors (Lipinski definition) is 1. The Balaban J connectivity index is 2.46. The van der Waals surface area contributed by atoms with Crippen molar-refractivity contribution in [3.63, 3.8) is 0 Å². The van der Waals surface area contributed by atoms with Gasteiger partial charge in [-0.2, -0.15) is 18.3 Å². The first kappa shape index (κ1) is 11.0. The van der Waals surface area contributed by atoms with Gasteiger partial charge in [-0.1, -0.05) is 0 Å². The zero-order valence-corrected chi connectivity index (χ0v) is 7.62. The topological polar surface area (TPSA) is 38.0 Å². The Morgan fingerprint density at radius 3 is 2.64 bits per heavy atom. The molecule has 0 aliphatic heterocycles. The van der Waals surface area contributed by atoms with E-state index >= 15 is 0 Å². The molecule has 1 atom stereocenters. The number of aromatic nitrogens is 2. The molecule has 80 valence electrons. The highest BCUT2D eigenvalue weighted by molar-refractivity contribution is 5.00. The Morgan fingerprint density at radius 1 is 1.57 bits per heavy atom. The first-order valence-corrected chi connectivity index (χ1v) is 4.13. The normalized spacial score (nSPS) is 14.4. The molecule has 0 unspecified atom stereocenters. The predicted octanol–water partition coefficient (Wildman–Crippen LogP) is 1.28. The standard InChI is InChI=1S/C8H11F3N2O/c1-13-6(4-5-12-13)2-3-7(14)8(9,10)11/h4-5,7,14H,2-3H2,1H3/t7-/m0/s1. The number of hydrogen-bond acceptors (Lipinski definition) is 2. The largest absolute Gasteiger partial charge is 0.414 e. The second kappa shape index (κ2) is 4.00. The van der Waals surface area contributed by atoms with Crippen LogP contribution < -0.4 is 0 Å². The summed E-state index contributed by atoms with van der Waals surface area (Å²) >= 11 is 0. The number of halogens is 3. The molecule has 1 aromatic heterocycles.